The molecule has 108 valence electrons. The highest BCUT2D eigenvalue weighted by molar-refractivity contribution is 4.97. The summed E-state index contributed by atoms with van der Waals surface area (Å²) >= 11 is 0. The zero-order chi connectivity index (χ0) is 13.9. The second kappa shape index (κ2) is 6.01. The highest BCUT2D eigenvalue weighted by atomic mass is 16.3. The molecular weight excluding hydrogens is 240 g/mol. The van der Waals surface area contributed by atoms with E-state index in [1.807, 2.05) is 4.68 Å². The number of rotatable bonds is 5. The number of nitrogens with zero attached hydrogens (tertiary/aromatic N) is 4. The van der Waals surface area contributed by atoms with Gasteiger partial charge < -0.3 is 10.0 Å². The third-order valence-electron chi connectivity index (χ3n) is 3.95. The summed E-state index contributed by atoms with van der Waals surface area (Å²) in [6, 6.07) is 0. The van der Waals surface area contributed by atoms with Gasteiger partial charge in [0.25, 0.3) is 0 Å². The molecule has 0 saturated carbocycles. The fraction of sp³-hybridized carbons (Fsp3) is 0.857. The SMILES string of the molecule is CCN1CCC(O)(Cc2ncnn2CC(C)C)CC1. The van der Waals surface area contributed by atoms with Crippen molar-refractivity contribution >= 4 is 0 Å². The van der Waals surface area contributed by atoms with Crippen LogP contribution < -0.4 is 0 Å². The van der Waals surface area contributed by atoms with Gasteiger partial charge in [-0.25, -0.2) is 9.67 Å². The number of likely N-dealkylation sites (tertiary alicyclic amines) is 1. The molecular formula is C14H26N4O. The van der Waals surface area contributed by atoms with Gasteiger partial charge in [0, 0.05) is 26.1 Å². The highest BCUT2D eigenvalue weighted by Gasteiger charge is 2.33. The molecule has 0 radical (unpaired) electrons. The lowest BCUT2D eigenvalue weighted by molar-refractivity contribution is -0.0216. The van der Waals surface area contributed by atoms with Crippen LogP contribution in [0, 0.1) is 5.92 Å². The minimum Gasteiger partial charge on any atom is -0.389 e. The number of aliphatic hydroxyl groups is 1. The molecule has 0 aromatic carbocycles. The van der Waals surface area contributed by atoms with Crippen LogP contribution in [0.15, 0.2) is 6.33 Å². The van der Waals surface area contributed by atoms with E-state index < -0.39 is 5.60 Å². The van der Waals surface area contributed by atoms with Crippen LogP contribution in [0.1, 0.15) is 39.4 Å². The van der Waals surface area contributed by atoms with Crippen molar-refractivity contribution in [3.8, 4) is 0 Å². The van der Waals surface area contributed by atoms with Crippen LogP contribution in [0.3, 0.4) is 0 Å². The van der Waals surface area contributed by atoms with Gasteiger partial charge in [0.15, 0.2) is 0 Å². The summed E-state index contributed by atoms with van der Waals surface area (Å²) in [7, 11) is 0. The minimum absolute atomic E-state index is 0.539. The zero-order valence-electron chi connectivity index (χ0n) is 12.3. The molecule has 0 bridgehead atoms. The summed E-state index contributed by atoms with van der Waals surface area (Å²) in [5.74, 6) is 1.46. The molecule has 0 amide bonds. The third kappa shape index (κ3) is 3.76. The maximum absolute atomic E-state index is 10.7. The Morgan fingerprint density at radius 3 is 2.63 bits per heavy atom. The van der Waals surface area contributed by atoms with Gasteiger partial charge in [0.2, 0.25) is 0 Å². The molecule has 1 aromatic heterocycles. The standard InChI is InChI=1S/C14H26N4O/c1-4-17-7-5-14(19,6-8-17)9-13-15-11-16-18(13)10-12(2)3/h11-12,19H,4-10H2,1-3H3. The number of hydrogen-bond acceptors (Lipinski definition) is 4. The van der Waals surface area contributed by atoms with Crippen LogP contribution in [-0.2, 0) is 13.0 Å². The zero-order valence-corrected chi connectivity index (χ0v) is 12.3. The lowest BCUT2D eigenvalue weighted by Gasteiger charge is -2.37. The van der Waals surface area contributed by atoms with E-state index in [0.717, 1.165) is 44.8 Å². The van der Waals surface area contributed by atoms with Gasteiger partial charge in [-0.1, -0.05) is 20.8 Å². The van der Waals surface area contributed by atoms with Crippen molar-refractivity contribution in [3.05, 3.63) is 12.2 Å². The Labute approximate surface area is 115 Å². The van der Waals surface area contributed by atoms with E-state index in [1.54, 1.807) is 6.33 Å². The Balaban J connectivity index is 1.99. The van der Waals surface area contributed by atoms with Crippen LogP contribution in [0.25, 0.3) is 0 Å². The largest absolute Gasteiger partial charge is 0.389 e. The molecule has 1 fully saturated rings. The van der Waals surface area contributed by atoms with Crippen molar-refractivity contribution in [3.63, 3.8) is 0 Å². The molecule has 0 atom stereocenters. The van der Waals surface area contributed by atoms with Gasteiger partial charge in [0.05, 0.1) is 5.60 Å². The van der Waals surface area contributed by atoms with Gasteiger partial charge >= 0.3 is 0 Å². The van der Waals surface area contributed by atoms with E-state index in [0.29, 0.717) is 12.3 Å². The molecule has 2 heterocycles. The van der Waals surface area contributed by atoms with Crippen molar-refractivity contribution in [1.29, 1.82) is 0 Å². The van der Waals surface area contributed by atoms with Gasteiger partial charge in [-0.2, -0.15) is 5.10 Å². The average molecular weight is 266 g/mol. The van der Waals surface area contributed by atoms with E-state index in [2.05, 4.69) is 35.8 Å². The van der Waals surface area contributed by atoms with Crippen molar-refractivity contribution < 1.29 is 5.11 Å². The van der Waals surface area contributed by atoms with Gasteiger partial charge in [0.1, 0.15) is 12.2 Å². The second-order valence-electron chi connectivity index (χ2n) is 6.09. The monoisotopic (exact) mass is 266 g/mol. The van der Waals surface area contributed by atoms with Gasteiger partial charge in [-0.3, -0.25) is 0 Å². The number of piperidine rings is 1. The normalized spacial score (nSPS) is 20.1. The Kier molecular flexibility index (Phi) is 4.58. The fourth-order valence-corrected chi connectivity index (χ4v) is 2.68. The van der Waals surface area contributed by atoms with E-state index >= 15 is 0 Å². The predicted molar refractivity (Wildman–Crippen MR) is 74.9 cm³/mol. The van der Waals surface area contributed by atoms with Crippen molar-refractivity contribution in [2.45, 2.75) is 52.2 Å². The molecule has 1 saturated heterocycles. The molecule has 1 aliphatic heterocycles. The van der Waals surface area contributed by atoms with Gasteiger partial charge in [-0.15, -0.1) is 0 Å². The molecule has 1 aliphatic rings. The summed E-state index contributed by atoms with van der Waals surface area (Å²) in [4.78, 5) is 6.71. The van der Waals surface area contributed by atoms with Crippen LogP contribution >= 0.6 is 0 Å². The Hall–Kier alpha value is -0.940. The Morgan fingerprint density at radius 2 is 2.05 bits per heavy atom. The quantitative estimate of drug-likeness (QED) is 0.873. The molecule has 2 rings (SSSR count). The first-order chi connectivity index (χ1) is 9.02. The fourth-order valence-electron chi connectivity index (χ4n) is 2.68. The van der Waals surface area contributed by atoms with Gasteiger partial charge in [-0.05, 0) is 25.3 Å². The molecule has 0 aliphatic carbocycles. The van der Waals surface area contributed by atoms with E-state index in [1.165, 1.54) is 0 Å². The average Bonchev–Trinajstić information content (AvgIpc) is 2.76. The van der Waals surface area contributed by atoms with Crippen LogP contribution in [-0.4, -0.2) is 50.0 Å². The molecule has 1 aromatic rings. The maximum atomic E-state index is 10.7. The highest BCUT2D eigenvalue weighted by Crippen LogP contribution is 2.25. The number of hydrogen-bond donors (Lipinski definition) is 1. The second-order valence-corrected chi connectivity index (χ2v) is 6.09. The smallest absolute Gasteiger partial charge is 0.138 e. The molecule has 5 heteroatoms. The molecule has 1 N–H and O–H groups in total. The lowest BCUT2D eigenvalue weighted by atomic mass is 9.88. The Bertz CT molecular complexity index is 394. The Morgan fingerprint density at radius 1 is 1.37 bits per heavy atom. The topological polar surface area (TPSA) is 54.2 Å². The first kappa shape index (κ1) is 14.5. The van der Waals surface area contributed by atoms with Crippen LogP contribution in [0.4, 0.5) is 0 Å². The maximum Gasteiger partial charge on any atom is 0.138 e. The van der Waals surface area contributed by atoms with E-state index in [-0.39, 0.29) is 0 Å². The number of aromatic nitrogens is 3. The molecule has 0 unspecified atom stereocenters. The molecule has 0 spiro atoms. The van der Waals surface area contributed by atoms with Crippen LogP contribution in [0.2, 0.25) is 0 Å². The first-order valence-electron chi connectivity index (χ1n) is 7.34. The van der Waals surface area contributed by atoms with Crippen molar-refractivity contribution in [2.75, 3.05) is 19.6 Å². The molecule has 5 nitrogen and oxygen atoms in total. The summed E-state index contributed by atoms with van der Waals surface area (Å²) in [6.45, 7) is 10.4. The first-order valence-corrected chi connectivity index (χ1v) is 7.34. The summed E-state index contributed by atoms with van der Waals surface area (Å²) < 4.78 is 1.94. The van der Waals surface area contributed by atoms with Crippen molar-refractivity contribution in [2.24, 2.45) is 5.92 Å². The summed E-state index contributed by atoms with van der Waals surface area (Å²) in [5.41, 5.74) is -0.604. The van der Waals surface area contributed by atoms with E-state index in [4.69, 9.17) is 0 Å². The lowest BCUT2D eigenvalue weighted by Crippen LogP contribution is -2.46. The van der Waals surface area contributed by atoms with Crippen LogP contribution in [0.5, 0.6) is 0 Å². The summed E-state index contributed by atoms with van der Waals surface area (Å²) in [6.07, 6.45) is 3.88. The third-order valence-corrected chi connectivity index (χ3v) is 3.95. The molecule has 19 heavy (non-hydrogen) atoms. The minimum atomic E-state index is -0.604. The predicted octanol–water partition coefficient (Wildman–Crippen LogP) is 1.32. The van der Waals surface area contributed by atoms with E-state index in [9.17, 15) is 5.11 Å². The van der Waals surface area contributed by atoms with Crippen molar-refractivity contribution in [1.82, 2.24) is 19.7 Å². The summed E-state index contributed by atoms with van der Waals surface area (Å²) in [5, 5.41) is 15.0.